The zero-order valence-electron chi connectivity index (χ0n) is 12.1. The Hall–Kier alpha value is -2.87. The molecule has 118 valence electrons. The van der Waals surface area contributed by atoms with E-state index in [9.17, 15) is 4.79 Å². The number of carbonyl (C=O) groups is 1. The van der Waals surface area contributed by atoms with Gasteiger partial charge < -0.3 is 19.0 Å². The summed E-state index contributed by atoms with van der Waals surface area (Å²) in [6.45, 7) is 1.38. The minimum Gasteiger partial charge on any atom is -0.461 e. The molecule has 1 fully saturated rings. The third kappa shape index (κ3) is 2.76. The normalized spacial score (nSPS) is 17.5. The predicted molar refractivity (Wildman–Crippen MR) is 78.9 cm³/mol. The van der Waals surface area contributed by atoms with Gasteiger partial charge in [0.05, 0.1) is 30.8 Å². The molecule has 1 aliphatic rings. The Morgan fingerprint density at radius 1 is 1.39 bits per heavy atom. The van der Waals surface area contributed by atoms with Gasteiger partial charge in [-0.15, -0.1) is 0 Å². The zero-order valence-corrected chi connectivity index (χ0v) is 12.1. The van der Waals surface area contributed by atoms with Crippen molar-refractivity contribution in [2.24, 2.45) is 0 Å². The fraction of sp³-hybridized carbons (Fsp3) is 0.267. The molecule has 8 nitrogen and oxygen atoms in total. The summed E-state index contributed by atoms with van der Waals surface area (Å²) in [5, 5.41) is 10.8. The quantitative estimate of drug-likeness (QED) is 0.794. The van der Waals surface area contributed by atoms with Crippen LogP contribution >= 0.6 is 0 Å². The highest BCUT2D eigenvalue weighted by Crippen LogP contribution is 2.22. The van der Waals surface area contributed by atoms with Crippen molar-refractivity contribution in [1.82, 2.24) is 14.9 Å². The summed E-state index contributed by atoms with van der Waals surface area (Å²) in [6, 6.07) is 5.22. The van der Waals surface area contributed by atoms with Crippen LogP contribution in [0.2, 0.25) is 0 Å². The summed E-state index contributed by atoms with van der Waals surface area (Å²) in [6.07, 6.45) is 5.83. The third-order valence-electron chi connectivity index (χ3n) is 3.65. The number of nitrogens with zero attached hydrogens (tertiary/aromatic N) is 3. The molecule has 0 spiro atoms. The van der Waals surface area contributed by atoms with Crippen molar-refractivity contribution in [2.75, 3.05) is 18.5 Å². The fourth-order valence-corrected chi connectivity index (χ4v) is 2.45. The highest BCUT2D eigenvalue weighted by atomic mass is 16.5. The summed E-state index contributed by atoms with van der Waals surface area (Å²) in [5.41, 5.74) is 0.776. The van der Waals surface area contributed by atoms with Crippen molar-refractivity contribution >= 4 is 11.6 Å². The number of anilines is 1. The Balaban J connectivity index is 1.45. The second-order valence-electron chi connectivity index (χ2n) is 5.23. The molecular formula is C15H14N4O4. The van der Waals surface area contributed by atoms with Crippen molar-refractivity contribution in [3.63, 3.8) is 0 Å². The molecule has 23 heavy (non-hydrogen) atoms. The lowest BCUT2D eigenvalue weighted by Gasteiger charge is -2.06. The summed E-state index contributed by atoms with van der Waals surface area (Å²) in [5.74, 6) is 0.554. The molecular weight excluding hydrogens is 300 g/mol. The van der Waals surface area contributed by atoms with Crippen LogP contribution in [0.15, 0.2) is 45.8 Å². The van der Waals surface area contributed by atoms with Crippen molar-refractivity contribution in [2.45, 2.75) is 12.5 Å². The van der Waals surface area contributed by atoms with Gasteiger partial charge >= 0.3 is 0 Å². The summed E-state index contributed by atoms with van der Waals surface area (Å²) in [4.78, 5) is 12.2. The van der Waals surface area contributed by atoms with Crippen molar-refractivity contribution < 1.29 is 18.5 Å². The third-order valence-corrected chi connectivity index (χ3v) is 3.65. The molecule has 1 atom stereocenters. The molecule has 1 saturated heterocycles. The van der Waals surface area contributed by atoms with Gasteiger partial charge in [0, 0.05) is 18.9 Å². The predicted octanol–water partition coefficient (Wildman–Crippen LogP) is 2.34. The Kier molecular flexibility index (Phi) is 3.43. The topological polar surface area (TPSA) is 95.3 Å². The van der Waals surface area contributed by atoms with Crippen LogP contribution < -0.4 is 5.32 Å². The van der Waals surface area contributed by atoms with E-state index in [1.54, 1.807) is 29.2 Å². The molecule has 1 amide bonds. The molecule has 4 heterocycles. The zero-order chi connectivity index (χ0) is 15.6. The molecule has 0 unspecified atom stereocenters. The number of carbonyl (C=O) groups excluding carboxylic acids is 1. The lowest BCUT2D eigenvalue weighted by molar-refractivity contribution is 0.101. The van der Waals surface area contributed by atoms with Gasteiger partial charge in [-0.05, 0) is 18.6 Å². The first-order valence-electron chi connectivity index (χ1n) is 7.23. The number of nitrogens with one attached hydrogen (secondary N) is 1. The highest BCUT2D eigenvalue weighted by molar-refractivity contribution is 6.03. The van der Waals surface area contributed by atoms with E-state index < -0.39 is 0 Å². The largest absolute Gasteiger partial charge is 0.461 e. The van der Waals surface area contributed by atoms with E-state index >= 15 is 0 Å². The molecule has 1 N–H and O–H groups in total. The number of rotatable bonds is 4. The monoisotopic (exact) mass is 314 g/mol. The van der Waals surface area contributed by atoms with Crippen molar-refractivity contribution in [3.8, 4) is 11.5 Å². The summed E-state index contributed by atoms with van der Waals surface area (Å²) >= 11 is 0. The first-order chi connectivity index (χ1) is 11.3. The number of furan rings is 1. The van der Waals surface area contributed by atoms with E-state index in [0.29, 0.717) is 23.8 Å². The Labute approximate surface area is 131 Å². The molecule has 0 radical (unpaired) electrons. The maximum Gasteiger partial charge on any atom is 0.277 e. The van der Waals surface area contributed by atoms with E-state index in [2.05, 4.69) is 15.6 Å². The van der Waals surface area contributed by atoms with Crippen molar-refractivity contribution in [3.05, 3.63) is 42.5 Å². The van der Waals surface area contributed by atoms with Gasteiger partial charge in [0.2, 0.25) is 5.76 Å². The van der Waals surface area contributed by atoms with Crippen LogP contribution in [0, 0.1) is 0 Å². The van der Waals surface area contributed by atoms with E-state index in [1.807, 2.05) is 0 Å². The molecule has 0 saturated carbocycles. The van der Waals surface area contributed by atoms with Gasteiger partial charge in [0.15, 0.2) is 11.5 Å². The van der Waals surface area contributed by atoms with E-state index in [4.69, 9.17) is 13.7 Å². The van der Waals surface area contributed by atoms with E-state index in [1.165, 1.54) is 12.3 Å². The van der Waals surface area contributed by atoms with E-state index in [0.717, 1.165) is 13.0 Å². The first-order valence-corrected chi connectivity index (χ1v) is 7.23. The second kappa shape index (κ2) is 5.73. The molecule has 3 aromatic rings. The summed E-state index contributed by atoms with van der Waals surface area (Å²) in [7, 11) is 0. The van der Waals surface area contributed by atoms with E-state index in [-0.39, 0.29) is 17.6 Å². The van der Waals surface area contributed by atoms with Crippen LogP contribution in [0.3, 0.4) is 0 Å². The van der Waals surface area contributed by atoms with Gasteiger partial charge in [-0.1, -0.05) is 5.16 Å². The molecule has 0 aliphatic carbocycles. The molecule has 0 aromatic carbocycles. The minimum absolute atomic E-state index is 0.174. The van der Waals surface area contributed by atoms with Gasteiger partial charge in [0.1, 0.15) is 0 Å². The van der Waals surface area contributed by atoms with Crippen LogP contribution in [0.1, 0.15) is 23.0 Å². The highest BCUT2D eigenvalue weighted by Gasteiger charge is 2.20. The average Bonchev–Trinajstić information content (AvgIpc) is 3.30. The molecule has 4 rings (SSSR count). The Morgan fingerprint density at radius 3 is 3.13 bits per heavy atom. The van der Waals surface area contributed by atoms with Crippen molar-refractivity contribution in [1.29, 1.82) is 0 Å². The van der Waals surface area contributed by atoms with Crippen LogP contribution in [0.4, 0.5) is 5.69 Å². The fourth-order valence-electron chi connectivity index (χ4n) is 2.45. The van der Waals surface area contributed by atoms with Crippen LogP contribution in [0.25, 0.3) is 11.5 Å². The Bertz CT molecular complexity index is 799. The SMILES string of the molecule is O=C(Nc1cnn([C@@H]2CCOC2)c1)c1cc(-c2ccco2)on1. The number of aromatic nitrogens is 3. The van der Waals surface area contributed by atoms with Gasteiger partial charge in [-0.25, -0.2) is 0 Å². The Morgan fingerprint density at radius 2 is 2.35 bits per heavy atom. The summed E-state index contributed by atoms with van der Waals surface area (Å²) < 4.78 is 17.4. The second-order valence-corrected chi connectivity index (χ2v) is 5.23. The first kappa shape index (κ1) is 13.8. The molecule has 3 aromatic heterocycles. The van der Waals surface area contributed by atoms with Crippen LogP contribution in [0.5, 0.6) is 0 Å². The van der Waals surface area contributed by atoms with Crippen LogP contribution in [-0.2, 0) is 4.74 Å². The van der Waals surface area contributed by atoms with Crippen LogP contribution in [-0.4, -0.2) is 34.1 Å². The molecule has 0 bridgehead atoms. The van der Waals surface area contributed by atoms with Gasteiger partial charge in [0.25, 0.3) is 5.91 Å². The number of ether oxygens (including phenoxy) is 1. The maximum atomic E-state index is 12.2. The minimum atomic E-state index is -0.367. The maximum absolute atomic E-state index is 12.2. The number of amides is 1. The lowest BCUT2D eigenvalue weighted by Crippen LogP contribution is -2.12. The lowest BCUT2D eigenvalue weighted by atomic mass is 10.3. The van der Waals surface area contributed by atoms with Gasteiger partial charge in [-0.2, -0.15) is 5.10 Å². The standard InChI is InChI=1S/C15H14N4O4/c20-15(12-6-14(23-18-12)13-2-1-4-22-13)17-10-7-16-19(8-10)11-3-5-21-9-11/h1-2,4,6-8,11H,3,5,9H2,(H,17,20)/t11-/m1/s1. The van der Waals surface area contributed by atoms with Gasteiger partial charge in [-0.3, -0.25) is 9.48 Å². The molecule has 1 aliphatic heterocycles. The number of hydrogen-bond donors (Lipinski definition) is 1. The smallest absolute Gasteiger partial charge is 0.277 e. The number of hydrogen-bond acceptors (Lipinski definition) is 6. The average molecular weight is 314 g/mol. The molecule has 8 heteroatoms.